The smallest absolute Gasteiger partial charge is 0.402 e. The quantitative estimate of drug-likeness (QED) is 0.225. The van der Waals surface area contributed by atoms with E-state index < -0.39 is 29.5 Å². The van der Waals surface area contributed by atoms with Crippen molar-refractivity contribution in [2.45, 2.75) is 31.9 Å². The van der Waals surface area contributed by atoms with Crippen molar-refractivity contribution in [2.75, 3.05) is 10.6 Å². The molecule has 44 heavy (non-hydrogen) atoms. The van der Waals surface area contributed by atoms with Crippen molar-refractivity contribution in [3.8, 4) is 22.7 Å². The van der Waals surface area contributed by atoms with Crippen LogP contribution in [0, 0.1) is 0 Å². The molecule has 4 heterocycles. The fourth-order valence-electron chi connectivity index (χ4n) is 4.46. The second-order valence-electron chi connectivity index (χ2n) is 10.2. The number of fused-ring (bicyclic) bond motifs is 1. The van der Waals surface area contributed by atoms with Crippen LogP contribution in [0.2, 0.25) is 0 Å². The lowest BCUT2D eigenvalue weighted by Gasteiger charge is -2.14. The Balaban J connectivity index is 1.36. The number of aromatic nitrogens is 5. The highest BCUT2D eigenvalue weighted by Crippen LogP contribution is 2.36. The molecule has 222 valence electrons. The summed E-state index contributed by atoms with van der Waals surface area (Å²) in [5.41, 5.74) is -0.440. The molecule has 0 aliphatic carbocycles. The van der Waals surface area contributed by atoms with Gasteiger partial charge in [0.2, 0.25) is 6.17 Å². The molecule has 0 fully saturated rings. The van der Waals surface area contributed by atoms with Crippen molar-refractivity contribution in [3.63, 3.8) is 0 Å². The third kappa shape index (κ3) is 5.73. The fraction of sp³-hybridized carbons (Fsp3) is 0.167. The molecule has 0 bridgehead atoms. The van der Waals surface area contributed by atoms with Crippen LogP contribution in [0.25, 0.3) is 22.7 Å². The predicted octanol–water partition coefficient (Wildman–Crippen LogP) is 6.04. The third-order valence-electron chi connectivity index (χ3n) is 6.59. The first-order valence-corrected chi connectivity index (χ1v) is 13.2. The molecule has 0 saturated heterocycles. The van der Waals surface area contributed by atoms with E-state index in [1.165, 1.54) is 26.2 Å². The van der Waals surface area contributed by atoms with Gasteiger partial charge < -0.3 is 15.1 Å². The number of benzene rings is 2. The summed E-state index contributed by atoms with van der Waals surface area (Å²) in [7, 11) is 0. The number of benzodiazepines with no additional fused rings is 1. The maximum Gasteiger partial charge on any atom is 0.417 e. The number of anilines is 2. The van der Waals surface area contributed by atoms with E-state index in [4.69, 9.17) is 4.42 Å². The van der Waals surface area contributed by atoms with Gasteiger partial charge in [-0.15, -0.1) is 5.10 Å². The van der Waals surface area contributed by atoms with Crippen LogP contribution in [0.3, 0.4) is 0 Å². The van der Waals surface area contributed by atoms with E-state index in [1.807, 2.05) is 42.5 Å². The monoisotopic (exact) mass is 602 g/mol. The number of para-hydroxylation sites is 1. The lowest BCUT2D eigenvalue weighted by Crippen LogP contribution is -2.32. The summed E-state index contributed by atoms with van der Waals surface area (Å²) in [6.45, 7) is 2.51. The topological polar surface area (TPSA) is 131 Å². The van der Waals surface area contributed by atoms with E-state index in [1.54, 1.807) is 12.1 Å². The zero-order valence-electron chi connectivity index (χ0n) is 23.1. The van der Waals surface area contributed by atoms with Crippen LogP contribution in [-0.4, -0.2) is 42.9 Å². The van der Waals surface area contributed by atoms with Gasteiger partial charge in [-0.1, -0.05) is 53.6 Å². The summed E-state index contributed by atoms with van der Waals surface area (Å²) in [5.74, 6) is -0.911. The van der Waals surface area contributed by atoms with Crippen molar-refractivity contribution >= 4 is 23.3 Å². The Labute approximate surface area is 247 Å². The van der Waals surface area contributed by atoms with Gasteiger partial charge in [0.1, 0.15) is 5.69 Å². The molecule has 1 unspecified atom stereocenters. The van der Waals surface area contributed by atoms with E-state index in [-0.39, 0.29) is 34.6 Å². The molecule has 3 aromatic heterocycles. The number of alkyl halides is 4. The van der Waals surface area contributed by atoms with E-state index in [0.717, 1.165) is 11.6 Å². The minimum atomic E-state index is -4.71. The van der Waals surface area contributed by atoms with E-state index >= 15 is 0 Å². The Morgan fingerprint density at radius 3 is 2.25 bits per heavy atom. The molecule has 10 nitrogen and oxygen atoms in total. The van der Waals surface area contributed by atoms with Crippen LogP contribution in [0.15, 0.2) is 88.7 Å². The second-order valence-corrected chi connectivity index (χ2v) is 10.2. The highest BCUT2D eigenvalue weighted by molar-refractivity contribution is 6.19. The van der Waals surface area contributed by atoms with Crippen molar-refractivity contribution in [1.82, 2.24) is 25.1 Å². The van der Waals surface area contributed by atoms with Crippen molar-refractivity contribution in [3.05, 3.63) is 102 Å². The van der Waals surface area contributed by atoms with Gasteiger partial charge in [0, 0.05) is 40.8 Å². The van der Waals surface area contributed by atoms with Gasteiger partial charge in [0.15, 0.2) is 11.5 Å². The summed E-state index contributed by atoms with van der Waals surface area (Å²) >= 11 is 0. The molecular formula is C30H22F4N8O2. The summed E-state index contributed by atoms with van der Waals surface area (Å²) < 4.78 is 60.8. The van der Waals surface area contributed by atoms with E-state index in [9.17, 15) is 22.4 Å². The predicted molar refractivity (Wildman–Crippen MR) is 152 cm³/mol. The highest BCUT2D eigenvalue weighted by atomic mass is 19.4. The van der Waals surface area contributed by atoms with Crippen molar-refractivity contribution < 1.29 is 26.8 Å². The Bertz CT molecular complexity index is 1870. The van der Waals surface area contributed by atoms with Crippen LogP contribution in [0.4, 0.5) is 29.3 Å². The van der Waals surface area contributed by atoms with E-state index in [0.29, 0.717) is 23.2 Å². The molecule has 1 aliphatic rings. The van der Waals surface area contributed by atoms with E-state index in [2.05, 4.69) is 40.8 Å². The standard InChI is InChI=1S/C30H22F4N8O2/c1-29(2,31)27-36-13-17(14-37-27)20-12-18(30(32,33)34)15-35-23(20)26-41-42-28(44-26)40-24-25(43)38-21-11-7-6-10-19(21)22(39-24)16-8-4-3-5-9-16/h3-15,24H,1-2H3,(H,38,43)(H,40,42). The van der Waals surface area contributed by atoms with Crippen LogP contribution in [0.1, 0.15) is 36.4 Å². The van der Waals surface area contributed by atoms with Gasteiger partial charge >= 0.3 is 12.2 Å². The van der Waals surface area contributed by atoms with Gasteiger partial charge in [-0.25, -0.2) is 24.3 Å². The van der Waals surface area contributed by atoms with Crippen LogP contribution < -0.4 is 10.6 Å². The number of halogens is 4. The largest absolute Gasteiger partial charge is 0.417 e. The molecule has 0 radical (unpaired) electrons. The lowest BCUT2D eigenvalue weighted by molar-refractivity contribution is -0.137. The minimum Gasteiger partial charge on any atom is -0.402 e. The number of aliphatic imine (C=N–C) groups is 1. The molecule has 2 N–H and O–H groups in total. The van der Waals surface area contributed by atoms with Gasteiger partial charge in [-0.05, 0) is 26.0 Å². The van der Waals surface area contributed by atoms with Crippen molar-refractivity contribution in [2.24, 2.45) is 4.99 Å². The third-order valence-corrected chi connectivity index (χ3v) is 6.59. The maximum absolute atomic E-state index is 14.3. The number of hydrogen-bond donors (Lipinski definition) is 2. The fourth-order valence-corrected chi connectivity index (χ4v) is 4.46. The molecule has 1 atom stereocenters. The SMILES string of the molecule is CC(C)(F)c1ncc(-c2cc(C(F)(F)F)cnc2-c2nnc(NC3N=C(c4ccccc4)c4ccccc4NC3=O)o2)cn1. The molecule has 0 saturated carbocycles. The highest BCUT2D eigenvalue weighted by Gasteiger charge is 2.33. The summed E-state index contributed by atoms with van der Waals surface area (Å²) in [4.78, 5) is 29.7. The number of pyridine rings is 1. The number of nitrogens with one attached hydrogen (secondary N) is 2. The summed E-state index contributed by atoms with van der Waals surface area (Å²) in [5, 5.41) is 13.5. The summed E-state index contributed by atoms with van der Waals surface area (Å²) in [6.07, 6.45) is -2.92. The minimum absolute atomic E-state index is 0.0784. The van der Waals surface area contributed by atoms with Crippen LogP contribution in [-0.2, 0) is 16.6 Å². The molecule has 14 heteroatoms. The Morgan fingerprint density at radius 2 is 1.55 bits per heavy atom. The number of nitrogens with zero attached hydrogens (tertiary/aromatic N) is 6. The number of rotatable bonds is 6. The van der Waals surface area contributed by atoms with Gasteiger partial charge in [0.25, 0.3) is 11.8 Å². The normalized spacial score (nSPS) is 15.2. The number of amides is 1. The zero-order chi connectivity index (χ0) is 31.1. The first kappa shape index (κ1) is 28.6. The van der Waals surface area contributed by atoms with Crippen LogP contribution in [0.5, 0.6) is 0 Å². The molecule has 6 rings (SSSR count). The first-order valence-electron chi connectivity index (χ1n) is 13.2. The number of hydrogen-bond acceptors (Lipinski definition) is 9. The molecular weight excluding hydrogens is 580 g/mol. The molecule has 5 aromatic rings. The lowest BCUT2D eigenvalue weighted by atomic mass is 10.0. The molecule has 1 amide bonds. The second kappa shape index (κ2) is 10.9. The molecule has 2 aromatic carbocycles. The van der Waals surface area contributed by atoms with Crippen LogP contribution >= 0.6 is 0 Å². The Morgan fingerprint density at radius 1 is 0.841 bits per heavy atom. The summed E-state index contributed by atoms with van der Waals surface area (Å²) in [6, 6.07) is 17.1. The molecule has 0 spiro atoms. The zero-order valence-corrected chi connectivity index (χ0v) is 23.1. The first-order chi connectivity index (χ1) is 21.0. The molecule has 1 aliphatic heterocycles. The number of carbonyl (C=O) groups excluding carboxylic acids is 1. The van der Waals surface area contributed by atoms with Gasteiger partial charge in [0.05, 0.1) is 17.0 Å². The maximum atomic E-state index is 14.3. The average Bonchev–Trinajstić information content (AvgIpc) is 3.42. The van der Waals surface area contributed by atoms with Gasteiger partial charge in [-0.3, -0.25) is 4.79 Å². The Hall–Kier alpha value is -5.53. The van der Waals surface area contributed by atoms with Gasteiger partial charge in [-0.2, -0.15) is 13.2 Å². The Kier molecular flexibility index (Phi) is 7.11. The number of carbonyl (C=O) groups is 1. The average molecular weight is 603 g/mol. The van der Waals surface area contributed by atoms with Crippen molar-refractivity contribution in [1.29, 1.82) is 0 Å².